The second kappa shape index (κ2) is 70.6. The Kier molecular flexibility index (Phi) is 272. The first-order valence-corrected chi connectivity index (χ1v) is 3.20. The van der Waals surface area contributed by atoms with Gasteiger partial charge in [0.05, 0.1) is 35.8 Å². The molecule has 0 saturated heterocycles. The number of hydrogen-bond acceptors (Lipinski definition) is 12. The molecule has 0 aliphatic heterocycles. The van der Waals surface area contributed by atoms with Gasteiger partial charge in [-0.1, -0.05) is 0 Å². The Balaban J connectivity index is -0.00000000721. The van der Waals surface area contributed by atoms with E-state index < -0.39 is 35.8 Å². The van der Waals surface area contributed by atoms with Crippen LogP contribution in [0.3, 0.4) is 0 Å². The fourth-order valence-corrected chi connectivity index (χ4v) is 0. The molecule has 22 nitrogen and oxygen atoms in total. The number of carbonyl (C=O) groups is 6. The van der Waals surface area contributed by atoms with E-state index in [2.05, 4.69) is 0 Å². The molecule has 0 spiro atoms. The molecular formula is C6H20Gd2O22. The molecule has 0 bridgehead atoms. The monoisotopic (exact) mass is 760 g/mol. The number of carboxylic acids is 6. The van der Waals surface area contributed by atoms with Crippen molar-refractivity contribution in [1.29, 1.82) is 0 Å². The summed E-state index contributed by atoms with van der Waals surface area (Å²) in [7, 11) is 0. The smallest absolute Gasteiger partial charge is 0.543 e. The maximum Gasteiger partial charge on any atom is 3.00 e. The first-order chi connectivity index (χ1) is 7.93. The first-order valence-electron chi connectivity index (χ1n) is 3.20. The molecule has 0 unspecified atom stereocenters. The fraction of sp³-hybridized carbons (Fsp3) is 0. The van der Waals surface area contributed by atoms with E-state index in [9.17, 15) is 0 Å². The summed E-state index contributed by atoms with van der Waals surface area (Å²) in [5, 5.41) is 53.6. The maximum atomic E-state index is 8.93. The molecule has 20 N–H and O–H groups in total. The van der Waals surface area contributed by atoms with Crippen LogP contribution in [0.2, 0.25) is 0 Å². The Hall–Kier alpha value is -0.931. The van der Waals surface area contributed by atoms with E-state index in [-0.39, 0.29) is 135 Å². The third-order valence-electron chi connectivity index (χ3n) is 0.500. The molecule has 0 aliphatic rings. The van der Waals surface area contributed by atoms with Crippen molar-refractivity contribution in [2.75, 3.05) is 0 Å². The first kappa shape index (κ1) is 116. The second-order valence-corrected chi connectivity index (χ2v) is 1.72. The van der Waals surface area contributed by atoms with Crippen LogP contribution < -0.4 is 30.6 Å². The zero-order valence-corrected chi connectivity index (χ0v) is 18.1. The van der Waals surface area contributed by atoms with Crippen LogP contribution in [0.1, 0.15) is 0 Å². The molecule has 0 amide bonds. The fourth-order valence-electron chi connectivity index (χ4n) is 0. The van der Waals surface area contributed by atoms with Gasteiger partial charge >= 0.3 is 79.9 Å². The topological polar surface area (TPSA) is 556 Å². The van der Waals surface area contributed by atoms with Crippen molar-refractivity contribution >= 4 is 35.8 Å². The van der Waals surface area contributed by atoms with Crippen LogP contribution in [-0.2, 0) is 28.8 Å². The van der Waals surface area contributed by atoms with Gasteiger partial charge in [0.25, 0.3) is 0 Å². The minimum atomic E-state index is -2.19. The van der Waals surface area contributed by atoms with Crippen molar-refractivity contribution in [3.8, 4) is 0 Å². The predicted octanol–water partition coefficient (Wildman–Crippen LogP) is -18.8. The summed E-state index contributed by atoms with van der Waals surface area (Å²) in [5.41, 5.74) is 0. The molecule has 0 aromatic carbocycles. The van der Waals surface area contributed by atoms with Crippen molar-refractivity contribution in [3.05, 3.63) is 0 Å². The summed E-state index contributed by atoms with van der Waals surface area (Å²) in [6.07, 6.45) is 0. The predicted molar refractivity (Wildman–Crippen MR) is 66.2 cm³/mol. The standard InChI is InChI=1S/3C2H2O4.2Gd.10H2O/c3*3-1(4)2(5)6;;;;;;;;;;;;/h3*(H,3,4)(H,5,6);;;10*1H2/q;;;2*+3;;;;;;;;;;/p-6. The molecule has 0 aliphatic carbocycles. The molecular weight excluding hydrogens is 739 g/mol. The number of hydrogen-bond donors (Lipinski definition) is 0. The van der Waals surface area contributed by atoms with Gasteiger partial charge in [-0.05, 0) is 0 Å². The van der Waals surface area contributed by atoms with Crippen molar-refractivity contribution in [2.45, 2.75) is 0 Å². The number of carboxylic acid groups (broad SMARTS) is 6. The summed E-state index contributed by atoms with van der Waals surface area (Å²) in [5.74, 6) is -13.1. The summed E-state index contributed by atoms with van der Waals surface area (Å²) in [6.45, 7) is 0. The maximum absolute atomic E-state index is 8.93. The Bertz CT molecular complexity index is 287. The molecule has 0 aromatic rings. The van der Waals surface area contributed by atoms with Crippen LogP contribution in [0.5, 0.6) is 0 Å². The summed E-state index contributed by atoms with van der Waals surface area (Å²) in [4.78, 5) is 53.6. The van der Waals surface area contributed by atoms with Gasteiger partial charge < -0.3 is 114 Å². The zero-order valence-electron chi connectivity index (χ0n) is 13.6. The van der Waals surface area contributed by atoms with Crippen molar-refractivity contribution < 1.29 is 194 Å². The molecule has 192 valence electrons. The van der Waals surface area contributed by atoms with Gasteiger partial charge in [0, 0.05) is 0 Å². The average molecular weight is 759 g/mol. The quantitative estimate of drug-likeness (QED) is 0.208. The molecule has 0 aromatic heterocycles. The Morgan fingerprint density at radius 3 is 0.300 bits per heavy atom. The summed E-state index contributed by atoms with van der Waals surface area (Å²) in [6, 6.07) is 0. The SMILES string of the molecule is O.O.O.O.O.O.O.O.O.O.O=C([O-])C(=O)[O-].O=C([O-])C(=O)[O-].O=C([O-])C(=O)[O-].[Gd+3].[Gd+3]. The third kappa shape index (κ3) is 150. The van der Waals surface area contributed by atoms with E-state index in [0.29, 0.717) is 0 Å². The molecule has 0 atom stereocenters. The third-order valence-corrected chi connectivity index (χ3v) is 0.500. The zero-order chi connectivity index (χ0) is 15.5. The summed E-state index contributed by atoms with van der Waals surface area (Å²) >= 11 is 0. The Morgan fingerprint density at radius 2 is 0.300 bits per heavy atom. The van der Waals surface area contributed by atoms with Crippen molar-refractivity contribution in [1.82, 2.24) is 0 Å². The molecule has 24 heteroatoms. The van der Waals surface area contributed by atoms with Crippen molar-refractivity contribution in [2.24, 2.45) is 0 Å². The van der Waals surface area contributed by atoms with Gasteiger partial charge in [-0.3, -0.25) is 0 Å². The van der Waals surface area contributed by atoms with E-state index >= 15 is 0 Å². The summed E-state index contributed by atoms with van der Waals surface area (Å²) < 4.78 is 0. The molecule has 0 heterocycles. The van der Waals surface area contributed by atoms with E-state index in [1.165, 1.54) is 0 Å². The Morgan fingerprint density at radius 1 is 0.267 bits per heavy atom. The van der Waals surface area contributed by atoms with E-state index in [0.717, 1.165) is 0 Å². The van der Waals surface area contributed by atoms with E-state index in [1.807, 2.05) is 0 Å². The van der Waals surface area contributed by atoms with Gasteiger partial charge in [0.2, 0.25) is 0 Å². The minimum Gasteiger partial charge on any atom is -0.543 e. The molecule has 2 radical (unpaired) electrons. The van der Waals surface area contributed by atoms with E-state index in [1.54, 1.807) is 0 Å². The Labute approximate surface area is 227 Å². The van der Waals surface area contributed by atoms with Gasteiger partial charge in [-0.15, -0.1) is 0 Å². The van der Waals surface area contributed by atoms with Crippen molar-refractivity contribution in [3.63, 3.8) is 0 Å². The number of rotatable bonds is 0. The van der Waals surface area contributed by atoms with Crippen LogP contribution in [0.15, 0.2) is 0 Å². The average Bonchev–Trinajstić information content (AvgIpc) is 2.18. The molecule has 0 rings (SSSR count). The molecule has 0 saturated carbocycles. The van der Waals surface area contributed by atoms with Gasteiger partial charge in [-0.2, -0.15) is 0 Å². The largest absolute Gasteiger partial charge is 3.00 e. The van der Waals surface area contributed by atoms with Crippen LogP contribution in [-0.4, -0.2) is 90.6 Å². The number of carbonyl (C=O) groups excluding carboxylic acids is 6. The van der Waals surface area contributed by atoms with E-state index in [4.69, 9.17) is 59.4 Å². The normalized spacial score (nSPS) is 4.40. The van der Waals surface area contributed by atoms with Gasteiger partial charge in [0.1, 0.15) is 0 Å². The van der Waals surface area contributed by atoms with Crippen LogP contribution >= 0.6 is 0 Å². The molecule has 30 heavy (non-hydrogen) atoms. The van der Waals surface area contributed by atoms with Crippen LogP contribution in [0.4, 0.5) is 0 Å². The van der Waals surface area contributed by atoms with Gasteiger partial charge in [-0.25, -0.2) is 0 Å². The van der Waals surface area contributed by atoms with Gasteiger partial charge in [0.15, 0.2) is 0 Å². The minimum absolute atomic E-state index is 0. The molecule has 0 fully saturated rings. The number of aliphatic carboxylic acids is 6. The van der Waals surface area contributed by atoms with Crippen LogP contribution in [0, 0.1) is 79.9 Å². The van der Waals surface area contributed by atoms with Crippen LogP contribution in [0.25, 0.3) is 0 Å². The second-order valence-electron chi connectivity index (χ2n) is 1.72.